The molecule has 34 heavy (non-hydrogen) atoms. The molecule has 8 nitrogen and oxygen atoms in total. The number of carbonyl (C=O) groups excluding carboxylic acids is 3. The Hall–Kier alpha value is -2.45. The molecule has 4 N–H and O–H groups in total. The molecule has 0 radical (unpaired) electrons. The third-order valence-corrected chi connectivity index (χ3v) is 7.91. The van der Waals surface area contributed by atoms with Crippen molar-refractivity contribution in [3.63, 3.8) is 0 Å². The van der Waals surface area contributed by atoms with Gasteiger partial charge in [0.1, 0.15) is 5.41 Å². The quantitative estimate of drug-likeness (QED) is 0.479. The Bertz CT molecular complexity index is 846. The van der Waals surface area contributed by atoms with Crippen molar-refractivity contribution in [1.82, 2.24) is 15.5 Å². The number of hydrogen-bond acceptors (Lipinski definition) is 5. The standard InChI is InChI=1S/C26H38N4O4/c27-23(31)26(11-4-5-12-26)24(32)30(13-8-19-6-2-1-3-7-19)25(33)29-22(21-17-28-18-21)16-20-9-14-34-15-10-20/h1-3,6-7,20-22,28H,4-5,8-18H2,(H2,27,31)(H,29,33)/t22-/m1/s1. The monoisotopic (exact) mass is 470 g/mol. The Balaban J connectivity index is 1.51. The summed E-state index contributed by atoms with van der Waals surface area (Å²) in [6, 6.07) is 9.36. The van der Waals surface area contributed by atoms with Crippen molar-refractivity contribution < 1.29 is 19.1 Å². The van der Waals surface area contributed by atoms with Gasteiger partial charge in [-0.15, -0.1) is 0 Å². The van der Waals surface area contributed by atoms with E-state index in [9.17, 15) is 14.4 Å². The Kier molecular flexibility index (Phi) is 8.21. The number of ether oxygens (including phenoxy) is 1. The van der Waals surface area contributed by atoms with Gasteiger partial charge in [0.05, 0.1) is 0 Å². The fourth-order valence-corrected chi connectivity index (χ4v) is 5.53. The maximum Gasteiger partial charge on any atom is 0.324 e. The van der Waals surface area contributed by atoms with Crippen LogP contribution < -0.4 is 16.4 Å². The number of primary amides is 1. The summed E-state index contributed by atoms with van der Waals surface area (Å²) >= 11 is 0. The first-order chi connectivity index (χ1) is 16.5. The zero-order valence-electron chi connectivity index (χ0n) is 20.0. The van der Waals surface area contributed by atoms with E-state index < -0.39 is 23.3 Å². The van der Waals surface area contributed by atoms with E-state index in [-0.39, 0.29) is 12.6 Å². The first kappa shape index (κ1) is 24.7. The minimum absolute atomic E-state index is 0.0167. The average Bonchev–Trinajstić information content (AvgIpc) is 3.31. The van der Waals surface area contributed by atoms with Crippen LogP contribution in [0, 0.1) is 17.3 Å². The van der Waals surface area contributed by atoms with Gasteiger partial charge >= 0.3 is 6.03 Å². The molecule has 1 aliphatic carbocycles. The number of imide groups is 1. The van der Waals surface area contributed by atoms with Crippen LogP contribution in [0.5, 0.6) is 0 Å². The number of nitrogens with one attached hydrogen (secondary N) is 2. The molecule has 4 amide bonds. The van der Waals surface area contributed by atoms with Crippen LogP contribution in [0.4, 0.5) is 4.79 Å². The summed E-state index contributed by atoms with van der Waals surface area (Å²) in [6.45, 7) is 3.46. The van der Waals surface area contributed by atoms with Crippen molar-refractivity contribution in [1.29, 1.82) is 0 Å². The lowest BCUT2D eigenvalue weighted by Crippen LogP contribution is -2.60. The van der Waals surface area contributed by atoms with Gasteiger partial charge in [-0.2, -0.15) is 0 Å². The number of amides is 4. The third kappa shape index (κ3) is 5.61. The molecule has 1 aromatic carbocycles. The second-order valence-electron chi connectivity index (χ2n) is 10.1. The summed E-state index contributed by atoms with van der Waals surface area (Å²) in [7, 11) is 0. The smallest absolute Gasteiger partial charge is 0.324 e. The molecule has 186 valence electrons. The molecule has 0 bridgehead atoms. The van der Waals surface area contributed by atoms with Crippen molar-refractivity contribution in [3.8, 4) is 0 Å². The lowest BCUT2D eigenvalue weighted by molar-refractivity contribution is -0.146. The van der Waals surface area contributed by atoms with Crippen LogP contribution in [0.15, 0.2) is 30.3 Å². The minimum Gasteiger partial charge on any atom is -0.381 e. The largest absolute Gasteiger partial charge is 0.381 e. The van der Waals surface area contributed by atoms with E-state index in [0.29, 0.717) is 31.1 Å². The number of hydrogen-bond donors (Lipinski definition) is 3. The van der Waals surface area contributed by atoms with Crippen molar-refractivity contribution in [2.24, 2.45) is 23.0 Å². The fraction of sp³-hybridized carbons (Fsp3) is 0.654. The van der Waals surface area contributed by atoms with Crippen LogP contribution >= 0.6 is 0 Å². The summed E-state index contributed by atoms with van der Waals surface area (Å²) in [5, 5.41) is 6.50. The summed E-state index contributed by atoms with van der Waals surface area (Å²) in [5.41, 5.74) is 5.51. The van der Waals surface area contributed by atoms with Gasteiger partial charge in [0.15, 0.2) is 0 Å². The molecule has 2 saturated heterocycles. The molecular formula is C26H38N4O4. The molecule has 8 heteroatoms. The molecule has 0 unspecified atom stereocenters. The lowest BCUT2D eigenvalue weighted by atomic mass is 9.83. The van der Waals surface area contributed by atoms with E-state index in [0.717, 1.165) is 64.0 Å². The predicted octanol–water partition coefficient (Wildman–Crippen LogP) is 2.22. The van der Waals surface area contributed by atoms with Crippen molar-refractivity contribution in [2.45, 2.75) is 57.4 Å². The second kappa shape index (κ2) is 11.3. The first-order valence-corrected chi connectivity index (χ1v) is 12.7. The molecule has 2 aliphatic heterocycles. The number of rotatable bonds is 9. The van der Waals surface area contributed by atoms with Gasteiger partial charge in [-0.25, -0.2) is 4.79 Å². The van der Waals surface area contributed by atoms with Crippen molar-refractivity contribution in [3.05, 3.63) is 35.9 Å². The zero-order chi connectivity index (χ0) is 24.0. The average molecular weight is 471 g/mol. The molecule has 4 rings (SSSR count). The maximum atomic E-state index is 13.7. The second-order valence-corrected chi connectivity index (χ2v) is 10.1. The van der Waals surface area contributed by atoms with E-state index in [1.807, 2.05) is 30.3 Å². The number of nitrogens with zero attached hydrogens (tertiary/aromatic N) is 1. The highest BCUT2D eigenvalue weighted by atomic mass is 16.5. The van der Waals surface area contributed by atoms with Gasteiger partial charge in [-0.3, -0.25) is 14.5 Å². The van der Waals surface area contributed by atoms with Crippen LogP contribution in [0.3, 0.4) is 0 Å². The van der Waals surface area contributed by atoms with Gasteiger partial charge in [0.25, 0.3) is 0 Å². The van der Waals surface area contributed by atoms with Crippen LogP contribution in [0.25, 0.3) is 0 Å². The Morgan fingerprint density at radius 3 is 2.38 bits per heavy atom. The highest BCUT2D eigenvalue weighted by Gasteiger charge is 2.50. The molecule has 1 aromatic rings. The highest BCUT2D eigenvalue weighted by molar-refractivity contribution is 6.09. The molecule has 1 saturated carbocycles. The van der Waals surface area contributed by atoms with Crippen molar-refractivity contribution >= 4 is 17.8 Å². The minimum atomic E-state index is -1.28. The van der Waals surface area contributed by atoms with Gasteiger partial charge < -0.3 is 21.1 Å². The fourth-order valence-electron chi connectivity index (χ4n) is 5.53. The Morgan fingerprint density at radius 2 is 1.79 bits per heavy atom. The molecule has 1 atom stereocenters. The maximum absolute atomic E-state index is 13.7. The van der Waals surface area contributed by atoms with E-state index in [1.165, 1.54) is 4.90 Å². The van der Waals surface area contributed by atoms with Gasteiger partial charge in [-0.1, -0.05) is 43.2 Å². The first-order valence-electron chi connectivity index (χ1n) is 12.7. The molecular weight excluding hydrogens is 432 g/mol. The van der Waals surface area contributed by atoms with Crippen molar-refractivity contribution in [2.75, 3.05) is 32.8 Å². The van der Waals surface area contributed by atoms with E-state index in [4.69, 9.17) is 10.5 Å². The Labute approximate surface area is 202 Å². The van der Waals surface area contributed by atoms with Crippen LogP contribution in [-0.4, -0.2) is 61.6 Å². The van der Waals surface area contributed by atoms with Crippen LogP contribution in [0.1, 0.15) is 50.5 Å². The number of carbonyl (C=O) groups is 3. The molecule has 0 spiro atoms. The zero-order valence-corrected chi connectivity index (χ0v) is 20.0. The summed E-state index contributed by atoms with van der Waals surface area (Å²) in [5.74, 6) is -0.216. The molecule has 2 heterocycles. The van der Waals surface area contributed by atoms with Gasteiger partial charge in [0.2, 0.25) is 11.8 Å². The highest BCUT2D eigenvalue weighted by Crippen LogP contribution is 2.39. The predicted molar refractivity (Wildman–Crippen MR) is 129 cm³/mol. The normalized spacial score (nSPS) is 21.4. The van der Waals surface area contributed by atoms with Gasteiger partial charge in [0, 0.05) is 44.8 Å². The lowest BCUT2D eigenvalue weighted by Gasteiger charge is -2.39. The molecule has 3 fully saturated rings. The number of nitrogens with two attached hydrogens (primary N) is 1. The van der Waals surface area contributed by atoms with Crippen LogP contribution in [-0.2, 0) is 20.7 Å². The molecule has 0 aromatic heterocycles. The number of urea groups is 1. The van der Waals surface area contributed by atoms with E-state index in [1.54, 1.807) is 0 Å². The number of benzene rings is 1. The third-order valence-electron chi connectivity index (χ3n) is 7.91. The topological polar surface area (TPSA) is 114 Å². The van der Waals surface area contributed by atoms with E-state index in [2.05, 4.69) is 10.6 Å². The summed E-state index contributed by atoms with van der Waals surface area (Å²) in [4.78, 5) is 41.1. The summed E-state index contributed by atoms with van der Waals surface area (Å²) < 4.78 is 5.50. The summed E-state index contributed by atoms with van der Waals surface area (Å²) in [6.07, 6.45) is 5.75. The Morgan fingerprint density at radius 1 is 1.12 bits per heavy atom. The van der Waals surface area contributed by atoms with Gasteiger partial charge in [-0.05, 0) is 50.0 Å². The SMILES string of the molecule is NC(=O)C1(C(=O)N(CCc2ccccc2)C(=O)N[C@H](CC2CCOCC2)C2CNC2)CCCC1. The van der Waals surface area contributed by atoms with Crippen LogP contribution in [0.2, 0.25) is 0 Å². The molecule has 3 aliphatic rings. The van der Waals surface area contributed by atoms with E-state index >= 15 is 0 Å².